The minimum Gasteiger partial charge on any atom is -0.481 e. The molecule has 2 aliphatic rings. The van der Waals surface area contributed by atoms with Gasteiger partial charge in [0.1, 0.15) is 0 Å². The molecule has 6 heteroatoms. The van der Waals surface area contributed by atoms with Gasteiger partial charge in [-0.2, -0.15) is 0 Å². The van der Waals surface area contributed by atoms with Crippen molar-refractivity contribution < 1.29 is 24.2 Å². The Morgan fingerprint density at radius 3 is 2.43 bits per heavy atom. The summed E-state index contributed by atoms with van der Waals surface area (Å²) in [6.07, 6.45) is 5.74. The number of hydrogen-bond acceptors (Lipinski definition) is 4. The predicted octanol–water partition coefficient (Wildman–Crippen LogP) is 1.92. The average Bonchev–Trinajstić information content (AvgIpc) is 2.59. The molecule has 1 saturated heterocycles. The van der Waals surface area contributed by atoms with Gasteiger partial charge in [0.25, 0.3) is 0 Å². The van der Waals surface area contributed by atoms with Crippen LogP contribution >= 0.6 is 0 Å². The van der Waals surface area contributed by atoms with Gasteiger partial charge in [-0.15, -0.1) is 0 Å². The smallest absolute Gasteiger partial charge is 0.306 e. The Hall–Kier alpha value is -1.14. The number of ether oxygens (including phenoxy) is 2. The maximum absolute atomic E-state index is 12.6. The zero-order valence-corrected chi connectivity index (χ0v) is 14.0. The van der Waals surface area contributed by atoms with Gasteiger partial charge < -0.3 is 19.5 Å². The summed E-state index contributed by atoms with van der Waals surface area (Å²) < 4.78 is 10.8. The van der Waals surface area contributed by atoms with Gasteiger partial charge in [-0.3, -0.25) is 9.59 Å². The molecule has 2 atom stereocenters. The molecule has 2 rings (SSSR count). The van der Waals surface area contributed by atoms with Crippen molar-refractivity contribution in [1.82, 2.24) is 4.90 Å². The van der Waals surface area contributed by atoms with Gasteiger partial charge in [0.15, 0.2) is 0 Å². The predicted molar refractivity (Wildman–Crippen MR) is 85.1 cm³/mol. The lowest BCUT2D eigenvalue weighted by atomic mass is 9.80. The topological polar surface area (TPSA) is 76.1 Å². The van der Waals surface area contributed by atoms with Gasteiger partial charge in [0, 0.05) is 39.3 Å². The fraction of sp³-hybridized carbons (Fsp3) is 0.882. The molecule has 23 heavy (non-hydrogen) atoms. The van der Waals surface area contributed by atoms with Crippen LogP contribution in [0.25, 0.3) is 0 Å². The summed E-state index contributed by atoms with van der Waals surface area (Å²) >= 11 is 0. The molecule has 6 nitrogen and oxygen atoms in total. The number of nitrogens with zero attached hydrogens (tertiary/aromatic N) is 1. The number of hydrogen-bond donors (Lipinski definition) is 1. The van der Waals surface area contributed by atoms with Gasteiger partial charge in [-0.05, 0) is 38.5 Å². The van der Waals surface area contributed by atoms with Crippen LogP contribution in [0.2, 0.25) is 0 Å². The Morgan fingerprint density at radius 1 is 1.09 bits per heavy atom. The van der Waals surface area contributed by atoms with Crippen LogP contribution in [0.1, 0.15) is 44.9 Å². The maximum Gasteiger partial charge on any atom is 0.306 e. The molecule has 2 unspecified atom stereocenters. The summed E-state index contributed by atoms with van der Waals surface area (Å²) in [6, 6.07) is 0. The third-order valence-corrected chi connectivity index (χ3v) is 4.97. The van der Waals surface area contributed by atoms with Crippen LogP contribution in [-0.4, -0.2) is 61.4 Å². The number of amides is 1. The lowest BCUT2D eigenvalue weighted by molar-refractivity contribution is -0.146. The highest BCUT2D eigenvalue weighted by Crippen LogP contribution is 2.31. The number of carbonyl (C=O) groups is 2. The van der Waals surface area contributed by atoms with Crippen LogP contribution in [-0.2, 0) is 19.1 Å². The standard InChI is InChI=1S/C17H29NO5/c1-22-10-3-11-23-15-6-8-18(9-7-15)16(19)13-4-2-5-14(12-13)17(20)21/h13-15H,2-12H2,1H3,(H,20,21). The first-order valence-corrected chi connectivity index (χ1v) is 8.74. The van der Waals surface area contributed by atoms with Crippen molar-refractivity contribution in [3.05, 3.63) is 0 Å². The van der Waals surface area contributed by atoms with Gasteiger partial charge in [0.2, 0.25) is 5.91 Å². The molecule has 0 aromatic carbocycles. The van der Waals surface area contributed by atoms with E-state index in [1.807, 2.05) is 4.90 Å². The molecular formula is C17H29NO5. The van der Waals surface area contributed by atoms with E-state index in [4.69, 9.17) is 14.6 Å². The van der Waals surface area contributed by atoms with E-state index in [-0.39, 0.29) is 23.8 Å². The maximum atomic E-state index is 12.6. The zero-order valence-electron chi connectivity index (χ0n) is 14.0. The van der Waals surface area contributed by atoms with Crippen molar-refractivity contribution in [2.75, 3.05) is 33.4 Å². The molecule has 0 radical (unpaired) electrons. The van der Waals surface area contributed by atoms with Gasteiger partial charge in [0.05, 0.1) is 12.0 Å². The summed E-state index contributed by atoms with van der Waals surface area (Å²) in [5, 5.41) is 9.15. The molecule has 0 aromatic rings. The van der Waals surface area contributed by atoms with Crippen molar-refractivity contribution in [1.29, 1.82) is 0 Å². The number of carboxylic acid groups (broad SMARTS) is 1. The molecule has 1 aliphatic heterocycles. The first-order valence-electron chi connectivity index (χ1n) is 8.74. The van der Waals surface area contributed by atoms with Gasteiger partial charge in [-0.1, -0.05) is 6.42 Å². The first kappa shape index (κ1) is 18.2. The number of rotatable bonds is 7. The van der Waals surface area contributed by atoms with E-state index in [1.165, 1.54) is 0 Å². The fourth-order valence-corrected chi connectivity index (χ4v) is 3.59. The van der Waals surface area contributed by atoms with Crippen molar-refractivity contribution in [2.24, 2.45) is 11.8 Å². The van der Waals surface area contributed by atoms with E-state index in [0.29, 0.717) is 26.1 Å². The van der Waals surface area contributed by atoms with Gasteiger partial charge in [-0.25, -0.2) is 0 Å². The molecule has 1 heterocycles. The van der Waals surface area contributed by atoms with Crippen molar-refractivity contribution in [3.8, 4) is 0 Å². The van der Waals surface area contributed by atoms with Crippen LogP contribution < -0.4 is 0 Å². The third kappa shape index (κ3) is 5.46. The van der Waals surface area contributed by atoms with Gasteiger partial charge >= 0.3 is 5.97 Å². The Balaban J connectivity index is 1.72. The molecule has 1 aliphatic carbocycles. The van der Waals surface area contributed by atoms with Crippen LogP contribution in [0.3, 0.4) is 0 Å². The Labute approximate surface area is 138 Å². The summed E-state index contributed by atoms with van der Waals surface area (Å²) in [7, 11) is 1.68. The molecule has 132 valence electrons. The van der Waals surface area contributed by atoms with Crippen LogP contribution in [0, 0.1) is 11.8 Å². The van der Waals surface area contributed by atoms with Crippen molar-refractivity contribution >= 4 is 11.9 Å². The highest BCUT2D eigenvalue weighted by molar-refractivity contribution is 5.80. The third-order valence-electron chi connectivity index (χ3n) is 4.97. The second kappa shape index (κ2) is 9.23. The minimum atomic E-state index is -0.759. The van der Waals surface area contributed by atoms with Crippen LogP contribution in [0.15, 0.2) is 0 Å². The number of carboxylic acids is 1. The van der Waals surface area contributed by atoms with E-state index >= 15 is 0 Å². The number of carbonyl (C=O) groups excluding carboxylic acids is 1. The molecule has 0 bridgehead atoms. The second-order valence-corrected chi connectivity index (χ2v) is 6.64. The molecular weight excluding hydrogens is 298 g/mol. The summed E-state index contributed by atoms with van der Waals surface area (Å²) in [5.41, 5.74) is 0. The molecule has 1 amide bonds. The SMILES string of the molecule is COCCCOC1CCN(C(=O)C2CCCC(C(=O)O)C2)CC1. The van der Waals surface area contributed by atoms with E-state index in [2.05, 4.69) is 0 Å². The van der Waals surface area contributed by atoms with E-state index in [1.54, 1.807) is 7.11 Å². The Kier molecular flexibility index (Phi) is 7.30. The monoisotopic (exact) mass is 327 g/mol. The summed E-state index contributed by atoms with van der Waals surface area (Å²) in [5.74, 6) is -1.07. The van der Waals surface area contributed by atoms with E-state index in [0.717, 1.165) is 45.2 Å². The largest absolute Gasteiger partial charge is 0.481 e. The average molecular weight is 327 g/mol. The summed E-state index contributed by atoms with van der Waals surface area (Å²) in [6.45, 7) is 2.86. The zero-order chi connectivity index (χ0) is 16.7. The van der Waals surface area contributed by atoms with E-state index < -0.39 is 5.97 Å². The first-order chi connectivity index (χ1) is 11.1. The molecule has 1 N–H and O–H groups in total. The lowest BCUT2D eigenvalue weighted by Gasteiger charge is -2.36. The van der Waals surface area contributed by atoms with Crippen molar-refractivity contribution in [2.45, 2.75) is 51.0 Å². The molecule has 1 saturated carbocycles. The summed E-state index contributed by atoms with van der Waals surface area (Å²) in [4.78, 5) is 25.6. The number of aliphatic carboxylic acids is 1. The normalized spacial score (nSPS) is 26.2. The fourth-order valence-electron chi connectivity index (χ4n) is 3.59. The highest BCUT2D eigenvalue weighted by Gasteiger charge is 2.34. The number of likely N-dealkylation sites (tertiary alicyclic amines) is 1. The Bertz CT molecular complexity index is 392. The van der Waals surface area contributed by atoms with Crippen LogP contribution in [0.5, 0.6) is 0 Å². The minimum absolute atomic E-state index is 0.107. The van der Waals surface area contributed by atoms with Crippen LogP contribution in [0.4, 0.5) is 0 Å². The quantitative estimate of drug-likeness (QED) is 0.723. The molecule has 2 fully saturated rings. The number of methoxy groups -OCH3 is 1. The second-order valence-electron chi connectivity index (χ2n) is 6.64. The molecule has 0 aromatic heterocycles. The molecule has 0 spiro atoms. The Morgan fingerprint density at radius 2 is 1.78 bits per heavy atom. The number of piperidine rings is 1. The van der Waals surface area contributed by atoms with Crippen molar-refractivity contribution in [3.63, 3.8) is 0 Å². The lowest BCUT2D eigenvalue weighted by Crippen LogP contribution is -2.45. The highest BCUT2D eigenvalue weighted by atomic mass is 16.5. The van der Waals surface area contributed by atoms with E-state index in [9.17, 15) is 9.59 Å².